The molecule has 3 aromatic carbocycles. The molecule has 1 aliphatic rings. The number of ether oxygens (including phenoxy) is 2. The topological polar surface area (TPSA) is 114 Å². The monoisotopic (exact) mass is 556 g/mol. The van der Waals surface area contributed by atoms with Crippen LogP contribution in [0.2, 0.25) is 5.02 Å². The minimum absolute atomic E-state index is 0.0450. The predicted octanol–water partition coefficient (Wildman–Crippen LogP) is 3.80. The molecule has 1 heterocycles. The van der Waals surface area contributed by atoms with E-state index in [0.717, 1.165) is 5.56 Å². The Morgan fingerprint density at radius 3 is 2.47 bits per heavy atom. The fourth-order valence-electron chi connectivity index (χ4n) is 3.93. The molecule has 1 atom stereocenters. The second kappa shape index (κ2) is 12.4. The standard InChI is InChI=1S/C28H29ClN2O6S/c29-25-10-5-4-7-22(25)19-30-27(33)28(15-18-38(34,35)24-8-2-1-3-9-24)20-37-26(31-28)21-11-13-23(14-12-21)36-17-6-16-32/h1-5,7-14,32H,6,15-20H2,(H,30,33)/t28-/m1/s1. The maximum Gasteiger partial charge on any atom is 0.251 e. The molecule has 4 rings (SSSR count). The van der Waals surface area contributed by atoms with Crippen molar-refractivity contribution in [1.29, 1.82) is 0 Å². The lowest BCUT2D eigenvalue weighted by molar-refractivity contribution is -0.126. The smallest absolute Gasteiger partial charge is 0.251 e. The Hall–Kier alpha value is -3.40. The number of rotatable bonds is 12. The second-order valence-corrected chi connectivity index (χ2v) is 11.4. The third kappa shape index (κ3) is 6.72. The highest BCUT2D eigenvalue weighted by Gasteiger charge is 2.45. The average molecular weight is 557 g/mol. The van der Waals surface area contributed by atoms with Crippen LogP contribution in [-0.2, 0) is 25.9 Å². The number of hydrogen-bond acceptors (Lipinski definition) is 7. The van der Waals surface area contributed by atoms with Gasteiger partial charge in [-0.2, -0.15) is 0 Å². The number of sulfone groups is 1. The summed E-state index contributed by atoms with van der Waals surface area (Å²) in [4.78, 5) is 18.3. The van der Waals surface area contributed by atoms with Gasteiger partial charge in [0.15, 0.2) is 15.4 Å². The van der Waals surface area contributed by atoms with E-state index in [1.165, 1.54) is 12.1 Å². The summed E-state index contributed by atoms with van der Waals surface area (Å²) in [7, 11) is -3.65. The van der Waals surface area contributed by atoms with E-state index in [0.29, 0.717) is 29.4 Å². The maximum absolute atomic E-state index is 13.5. The molecule has 8 nitrogen and oxygen atoms in total. The SMILES string of the molecule is O=C(NCc1ccccc1Cl)[C@@]1(CCS(=O)(=O)c2ccccc2)COC(c2ccc(OCCCO)cc2)=N1. The Balaban J connectivity index is 1.56. The van der Waals surface area contributed by atoms with Crippen LogP contribution in [0.25, 0.3) is 0 Å². The van der Waals surface area contributed by atoms with Gasteiger partial charge in [-0.1, -0.05) is 48.0 Å². The van der Waals surface area contributed by atoms with Gasteiger partial charge in [0.1, 0.15) is 12.4 Å². The van der Waals surface area contributed by atoms with Crippen molar-refractivity contribution in [2.75, 3.05) is 25.6 Å². The first-order valence-corrected chi connectivity index (χ1v) is 14.2. The van der Waals surface area contributed by atoms with Gasteiger partial charge in [0.05, 0.1) is 17.3 Å². The van der Waals surface area contributed by atoms with Crippen molar-refractivity contribution >= 4 is 33.2 Å². The third-order valence-corrected chi connectivity index (χ3v) is 8.24. The number of nitrogens with one attached hydrogen (secondary N) is 1. The minimum atomic E-state index is -3.65. The van der Waals surface area contributed by atoms with Gasteiger partial charge >= 0.3 is 0 Å². The van der Waals surface area contributed by atoms with Crippen LogP contribution in [0.15, 0.2) is 88.8 Å². The largest absolute Gasteiger partial charge is 0.494 e. The summed E-state index contributed by atoms with van der Waals surface area (Å²) in [5.74, 6) is 0.143. The Labute approximate surface area is 227 Å². The van der Waals surface area contributed by atoms with Gasteiger partial charge < -0.3 is 19.9 Å². The number of halogens is 1. The Kier molecular flexibility index (Phi) is 9.04. The van der Waals surface area contributed by atoms with E-state index in [9.17, 15) is 13.2 Å². The molecule has 10 heteroatoms. The fourth-order valence-corrected chi connectivity index (χ4v) is 5.55. The van der Waals surface area contributed by atoms with Crippen LogP contribution in [0.1, 0.15) is 24.0 Å². The first kappa shape index (κ1) is 27.6. The van der Waals surface area contributed by atoms with Crippen LogP contribution in [-0.4, -0.2) is 56.4 Å². The van der Waals surface area contributed by atoms with Gasteiger partial charge in [0.2, 0.25) is 5.90 Å². The van der Waals surface area contributed by atoms with E-state index in [1.807, 2.05) is 6.07 Å². The summed E-state index contributed by atoms with van der Waals surface area (Å²) in [6.45, 7) is 0.493. The van der Waals surface area contributed by atoms with Crippen molar-refractivity contribution < 1.29 is 27.8 Å². The van der Waals surface area contributed by atoms with Crippen molar-refractivity contribution in [1.82, 2.24) is 5.32 Å². The molecule has 3 aromatic rings. The fraction of sp³-hybridized carbons (Fsp3) is 0.286. The molecule has 0 bridgehead atoms. The first-order chi connectivity index (χ1) is 18.3. The molecule has 0 aromatic heterocycles. The molecular formula is C28H29ClN2O6S. The number of amides is 1. The number of aliphatic hydroxyl groups is 1. The lowest BCUT2D eigenvalue weighted by Crippen LogP contribution is -2.47. The van der Waals surface area contributed by atoms with Crippen molar-refractivity contribution in [2.24, 2.45) is 4.99 Å². The summed E-state index contributed by atoms with van der Waals surface area (Å²) in [5, 5.41) is 12.3. The number of aliphatic imine (C=N–C) groups is 1. The Morgan fingerprint density at radius 1 is 1.05 bits per heavy atom. The third-order valence-electron chi connectivity index (χ3n) is 6.14. The molecule has 1 aliphatic heterocycles. The van der Waals surface area contributed by atoms with Crippen LogP contribution < -0.4 is 10.1 Å². The normalized spacial score (nSPS) is 16.9. The van der Waals surface area contributed by atoms with E-state index in [2.05, 4.69) is 10.3 Å². The first-order valence-electron chi connectivity index (χ1n) is 12.2. The molecule has 0 radical (unpaired) electrons. The summed E-state index contributed by atoms with van der Waals surface area (Å²) in [6, 6.07) is 22.3. The summed E-state index contributed by atoms with van der Waals surface area (Å²) < 4.78 is 37.4. The lowest BCUT2D eigenvalue weighted by Gasteiger charge is -2.23. The van der Waals surface area contributed by atoms with Crippen molar-refractivity contribution in [3.63, 3.8) is 0 Å². The highest BCUT2D eigenvalue weighted by Crippen LogP contribution is 2.29. The van der Waals surface area contributed by atoms with E-state index in [4.69, 9.17) is 26.2 Å². The predicted molar refractivity (Wildman–Crippen MR) is 145 cm³/mol. The second-order valence-electron chi connectivity index (χ2n) is 8.84. The van der Waals surface area contributed by atoms with Crippen molar-refractivity contribution in [3.8, 4) is 5.75 Å². The van der Waals surface area contributed by atoms with Crippen LogP contribution in [0, 0.1) is 0 Å². The van der Waals surface area contributed by atoms with Gasteiger partial charge in [-0.25, -0.2) is 13.4 Å². The highest BCUT2D eigenvalue weighted by atomic mass is 35.5. The summed E-state index contributed by atoms with van der Waals surface area (Å²) in [6.07, 6.45) is 0.458. The van der Waals surface area contributed by atoms with Gasteiger partial charge in [-0.05, 0) is 54.4 Å². The van der Waals surface area contributed by atoms with Gasteiger partial charge in [-0.15, -0.1) is 0 Å². The number of carbonyl (C=O) groups is 1. The van der Waals surface area contributed by atoms with Crippen molar-refractivity contribution in [3.05, 3.63) is 95.0 Å². The zero-order valence-electron chi connectivity index (χ0n) is 20.7. The quantitative estimate of drug-likeness (QED) is 0.328. The molecule has 0 saturated heterocycles. The van der Waals surface area contributed by atoms with Crippen LogP contribution in [0.4, 0.5) is 0 Å². The van der Waals surface area contributed by atoms with Crippen LogP contribution >= 0.6 is 11.6 Å². The van der Waals surface area contributed by atoms with Crippen LogP contribution in [0.3, 0.4) is 0 Å². The zero-order chi connectivity index (χ0) is 27.0. The lowest BCUT2D eigenvalue weighted by atomic mass is 9.97. The Morgan fingerprint density at radius 2 is 1.76 bits per heavy atom. The molecule has 0 aliphatic carbocycles. The van der Waals surface area contributed by atoms with Gasteiger partial charge in [-0.3, -0.25) is 4.79 Å². The number of carbonyl (C=O) groups excluding carboxylic acids is 1. The van der Waals surface area contributed by atoms with Gasteiger partial charge in [0.25, 0.3) is 5.91 Å². The number of hydrogen-bond donors (Lipinski definition) is 2. The zero-order valence-corrected chi connectivity index (χ0v) is 22.2. The molecule has 2 N–H and O–H groups in total. The van der Waals surface area contributed by atoms with Gasteiger partial charge in [0, 0.05) is 30.2 Å². The number of benzene rings is 3. The molecule has 0 saturated carbocycles. The number of nitrogens with zero attached hydrogens (tertiary/aromatic N) is 1. The van der Waals surface area contributed by atoms with E-state index < -0.39 is 21.3 Å². The van der Waals surface area contributed by atoms with E-state index in [1.54, 1.807) is 60.7 Å². The minimum Gasteiger partial charge on any atom is -0.494 e. The van der Waals surface area contributed by atoms with Crippen molar-refractivity contribution in [2.45, 2.75) is 29.8 Å². The number of aliphatic hydroxyl groups excluding tert-OH is 1. The summed E-state index contributed by atoms with van der Waals surface area (Å²) in [5.41, 5.74) is -0.0740. The average Bonchev–Trinajstić information content (AvgIpc) is 3.38. The molecule has 0 spiro atoms. The molecule has 1 amide bonds. The molecule has 200 valence electrons. The molecule has 0 unspecified atom stereocenters. The molecule has 0 fully saturated rings. The molecular weight excluding hydrogens is 528 g/mol. The van der Waals surface area contributed by atoms with Crippen LogP contribution in [0.5, 0.6) is 5.75 Å². The molecule has 38 heavy (non-hydrogen) atoms. The summed E-state index contributed by atoms with van der Waals surface area (Å²) >= 11 is 6.24. The van der Waals surface area contributed by atoms with E-state index in [-0.39, 0.29) is 42.7 Å². The van der Waals surface area contributed by atoms with E-state index >= 15 is 0 Å². The highest BCUT2D eigenvalue weighted by molar-refractivity contribution is 7.91. The maximum atomic E-state index is 13.5. The Bertz CT molecular complexity index is 1380.